The van der Waals surface area contributed by atoms with Gasteiger partial charge in [-0.25, -0.2) is 14.4 Å². The Morgan fingerprint density at radius 2 is 1.83 bits per heavy atom. The van der Waals surface area contributed by atoms with E-state index in [1.807, 2.05) is 6.92 Å². The number of aromatic nitrogens is 2. The number of rotatable bonds is 2. The summed E-state index contributed by atoms with van der Waals surface area (Å²) in [4.78, 5) is 8.33. The normalized spacial score (nSPS) is 10.5. The first-order valence-corrected chi connectivity index (χ1v) is 5.89. The summed E-state index contributed by atoms with van der Waals surface area (Å²) in [6, 6.07) is 4.87. The molecule has 0 aliphatic rings. The van der Waals surface area contributed by atoms with Crippen LogP contribution in [0.3, 0.4) is 0 Å². The second kappa shape index (κ2) is 4.90. The average molecular weight is 266 g/mol. The molecule has 0 atom stereocenters. The van der Waals surface area contributed by atoms with Crippen molar-refractivity contribution in [2.45, 2.75) is 20.8 Å². The summed E-state index contributed by atoms with van der Waals surface area (Å²) < 4.78 is 13.4. The summed E-state index contributed by atoms with van der Waals surface area (Å²) in [5.41, 5.74) is 1.96. The van der Waals surface area contributed by atoms with Crippen molar-refractivity contribution in [1.82, 2.24) is 9.97 Å². The van der Waals surface area contributed by atoms with E-state index in [9.17, 15) is 4.39 Å². The monoisotopic (exact) mass is 265 g/mol. The van der Waals surface area contributed by atoms with Crippen LogP contribution in [0.15, 0.2) is 18.2 Å². The molecule has 0 fully saturated rings. The predicted octanol–water partition coefficient (Wildman–Crippen LogP) is 3.94. The van der Waals surface area contributed by atoms with E-state index in [-0.39, 0.29) is 5.82 Å². The van der Waals surface area contributed by atoms with Crippen molar-refractivity contribution in [2.75, 3.05) is 5.32 Å². The van der Waals surface area contributed by atoms with Crippen LogP contribution >= 0.6 is 11.6 Å². The van der Waals surface area contributed by atoms with Crippen LogP contribution in [0.4, 0.5) is 15.9 Å². The van der Waals surface area contributed by atoms with Crippen LogP contribution in [0.5, 0.6) is 0 Å². The molecular formula is C13H13ClFN3. The zero-order chi connectivity index (χ0) is 13.3. The molecule has 0 aliphatic heterocycles. The Morgan fingerprint density at radius 1 is 1.11 bits per heavy atom. The van der Waals surface area contributed by atoms with Gasteiger partial charge in [0.1, 0.15) is 22.6 Å². The van der Waals surface area contributed by atoms with Gasteiger partial charge in [-0.2, -0.15) is 0 Å². The highest BCUT2D eigenvalue weighted by atomic mass is 35.5. The molecule has 0 bridgehead atoms. The maximum absolute atomic E-state index is 13.4. The highest BCUT2D eigenvalue weighted by Crippen LogP contribution is 2.26. The fourth-order valence-electron chi connectivity index (χ4n) is 1.59. The third-order valence-corrected chi connectivity index (χ3v) is 3.09. The van der Waals surface area contributed by atoms with Gasteiger partial charge in [0.15, 0.2) is 0 Å². The van der Waals surface area contributed by atoms with Gasteiger partial charge in [-0.1, -0.05) is 17.7 Å². The van der Waals surface area contributed by atoms with Gasteiger partial charge in [0.05, 0.1) is 0 Å². The number of hydrogen-bond acceptors (Lipinski definition) is 3. The first-order valence-electron chi connectivity index (χ1n) is 5.52. The molecule has 0 unspecified atom stereocenters. The summed E-state index contributed by atoms with van der Waals surface area (Å²) in [6.07, 6.45) is 0. The molecule has 94 valence electrons. The van der Waals surface area contributed by atoms with Crippen molar-refractivity contribution in [3.05, 3.63) is 46.1 Å². The molecule has 0 amide bonds. The van der Waals surface area contributed by atoms with E-state index in [0.29, 0.717) is 28.0 Å². The fourth-order valence-corrected chi connectivity index (χ4v) is 1.80. The van der Waals surface area contributed by atoms with Crippen molar-refractivity contribution in [1.29, 1.82) is 0 Å². The minimum Gasteiger partial charge on any atom is -0.340 e. The molecule has 5 heteroatoms. The minimum absolute atomic E-state index is 0.255. The molecule has 2 rings (SSSR count). The van der Waals surface area contributed by atoms with Gasteiger partial charge in [0, 0.05) is 16.8 Å². The van der Waals surface area contributed by atoms with Crippen LogP contribution in [0.25, 0.3) is 0 Å². The summed E-state index contributed by atoms with van der Waals surface area (Å²) >= 11 is 5.99. The summed E-state index contributed by atoms with van der Waals surface area (Å²) in [5.74, 6) is 0.915. The smallest absolute Gasteiger partial charge is 0.138 e. The third-order valence-electron chi connectivity index (χ3n) is 2.72. The van der Waals surface area contributed by atoms with Crippen LogP contribution < -0.4 is 5.32 Å². The lowest BCUT2D eigenvalue weighted by Crippen LogP contribution is -2.02. The fraction of sp³-hybridized carbons (Fsp3) is 0.231. The number of aryl methyl sites for hydroxylation is 1. The Kier molecular flexibility index (Phi) is 3.48. The van der Waals surface area contributed by atoms with E-state index in [1.165, 1.54) is 6.07 Å². The molecule has 1 aromatic carbocycles. The molecule has 18 heavy (non-hydrogen) atoms. The second-order valence-corrected chi connectivity index (χ2v) is 4.43. The van der Waals surface area contributed by atoms with Crippen molar-refractivity contribution in [2.24, 2.45) is 0 Å². The largest absolute Gasteiger partial charge is 0.340 e. The van der Waals surface area contributed by atoms with Crippen molar-refractivity contribution in [3.8, 4) is 0 Å². The molecule has 1 heterocycles. The van der Waals surface area contributed by atoms with E-state index in [4.69, 9.17) is 11.6 Å². The van der Waals surface area contributed by atoms with E-state index in [1.54, 1.807) is 26.0 Å². The van der Waals surface area contributed by atoms with Crippen LogP contribution in [0.1, 0.15) is 17.0 Å². The van der Waals surface area contributed by atoms with Gasteiger partial charge >= 0.3 is 0 Å². The van der Waals surface area contributed by atoms with Crippen molar-refractivity contribution < 1.29 is 4.39 Å². The first-order chi connectivity index (χ1) is 8.49. The van der Waals surface area contributed by atoms with Gasteiger partial charge in [-0.05, 0) is 32.9 Å². The second-order valence-electron chi connectivity index (χ2n) is 4.07. The molecule has 1 N–H and O–H groups in total. The molecule has 3 nitrogen and oxygen atoms in total. The van der Waals surface area contributed by atoms with Crippen LogP contribution in [0, 0.1) is 26.6 Å². The number of hydrogen-bond donors (Lipinski definition) is 1. The Bertz CT molecular complexity index is 599. The number of halogens is 2. The molecule has 0 aliphatic carbocycles. The van der Waals surface area contributed by atoms with Gasteiger partial charge in [0.2, 0.25) is 0 Å². The Hall–Kier alpha value is -1.68. The van der Waals surface area contributed by atoms with Crippen LogP contribution in [-0.2, 0) is 0 Å². The van der Waals surface area contributed by atoms with Crippen molar-refractivity contribution >= 4 is 23.1 Å². The highest BCUT2D eigenvalue weighted by molar-refractivity contribution is 6.30. The zero-order valence-electron chi connectivity index (χ0n) is 10.4. The summed E-state index contributed by atoms with van der Waals surface area (Å²) in [6.45, 7) is 5.29. The Balaban J connectivity index is 2.43. The molecular weight excluding hydrogens is 253 g/mol. The molecule has 0 saturated carbocycles. The lowest BCUT2D eigenvalue weighted by atomic mass is 10.2. The Labute approximate surface area is 110 Å². The maximum Gasteiger partial charge on any atom is 0.138 e. The minimum atomic E-state index is -0.255. The van der Waals surface area contributed by atoms with Crippen LogP contribution in [0.2, 0.25) is 5.15 Å². The van der Waals surface area contributed by atoms with E-state index < -0.39 is 0 Å². The standard InChI is InChI=1S/C13H13ClFN3/c1-7-10(15)5-4-6-11(7)18-13-8(2)12(14)16-9(3)17-13/h4-6H,1-3H3,(H,16,17,18). The topological polar surface area (TPSA) is 37.8 Å². The summed E-state index contributed by atoms with van der Waals surface area (Å²) in [7, 11) is 0. The average Bonchev–Trinajstić information content (AvgIpc) is 2.31. The first kappa shape index (κ1) is 12.8. The number of nitrogens with one attached hydrogen (secondary N) is 1. The molecule has 2 aromatic rings. The van der Waals surface area contributed by atoms with E-state index in [2.05, 4.69) is 15.3 Å². The lowest BCUT2D eigenvalue weighted by molar-refractivity contribution is 0.619. The number of benzene rings is 1. The predicted molar refractivity (Wildman–Crippen MR) is 70.9 cm³/mol. The Morgan fingerprint density at radius 3 is 2.56 bits per heavy atom. The quantitative estimate of drug-likeness (QED) is 0.836. The highest BCUT2D eigenvalue weighted by Gasteiger charge is 2.10. The lowest BCUT2D eigenvalue weighted by Gasteiger charge is -2.12. The van der Waals surface area contributed by atoms with Gasteiger partial charge in [0.25, 0.3) is 0 Å². The van der Waals surface area contributed by atoms with Gasteiger partial charge < -0.3 is 5.32 Å². The van der Waals surface area contributed by atoms with Gasteiger partial charge in [-0.3, -0.25) is 0 Å². The van der Waals surface area contributed by atoms with Crippen LogP contribution in [-0.4, -0.2) is 9.97 Å². The van der Waals surface area contributed by atoms with E-state index in [0.717, 1.165) is 5.56 Å². The number of nitrogens with zero attached hydrogens (tertiary/aromatic N) is 2. The van der Waals surface area contributed by atoms with Crippen molar-refractivity contribution in [3.63, 3.8) is 0 Å². The SMILES string of the molecule is Cc1nc(Cl)c(C)c(Nc2cccc(F)c2C)n1. The summed E-state index contributed by atoms with van der Waals surface area (Å²) in [5, 5.41) is 3.49. The van der Waals surface area contributed by atoms with E-state index >= 15 is 0 Å². The molecule has 1 aromatic heterocycles. The number of anilines is 2. The molecule has 0 saturated heterocycles. The molecule has 0 radical (unpaired) electrons. The van der Waals surface area contributed by atoms with Gasteiger partial charge in [-0.15, -0.1) is 0 Å². The maximum atomic E-state index is 13.4. The molecule has 0 spiro atoms. The zero-order valence-corrected chi connectivity index (χ0v) is 11.1. The third kappa shape index (κ3) is 2.43.